The normalized spacial score (nSPS) is 14.6. The first-order chi connectivity index (χ1) is 5.98. The van der Waals surface area contributed by atoms with Crippen LogP contribution < -0.4 is 0 Å². The van der Waals surface area contributed by atoms with Gasteiger partial charge < -0.3 is 0 Å². The monoisotopic (exact) mass is 294 g/mol. The molecule has 0 unspecified atom stereocenters. The van der Waals surface area contributed by atoms with Crippen molar-refractivity contribution < 1.29 is 0 Å². The van der Waals surface area contributed by atoms with Crippen LogP contribution in [0.15, 0.2) is 0 Å². The van der Waals surface area contributed by atoms with Crippen LogP contribution >= 0.6 is 0 Å². The van der Waals surface area contributed by atoms with E-state index in [1.807, 2.05) is 0 Å². The van der Waals surface area contributed by atoms with Gasteiger partial charge in [-0.2, -0.15) is 0 Å². The minimum atomic E-state index is -1.09. The second-order valence-electron chi connectivity index (χ2n) is 5.88. The van der Waals surface area contributed by atoms with E-state index in [-0.39, 0.29) is 0 Å². The third-order valence-corrected chi connectivity index (χ3v) is 20.9. The third-order valence-electron chi connectivity index (χ3n) is 2.81. The number of rotatable bonds is 4. The summed E-state index contributed by atoms with van der Waals surface area (Å²) in [5.41, 5.74) is 2.48. The quantitative estimate of drug-likeness (QED) is 0.736. The molecule has 2 nitrogen and oxygen atoms in total. The Kier molecular flexibility index (Phi) is 5.15. The maximum absolute atomic E-state index is 2.72. The minimum absolute atomic E-state index is 0.922. The molecular weight excluding hydrogens is 267 g/mol. The Labute approximate surface area is 97.6 Å². The zero-order valence-electron chi connectivity index (χ0n) is 11.3. The van der Waals surface area contributed by atoms with Gasteiger partial charge in [0.1, 0.15) is 0 Å². The fourth-order valence-corrected chi connectivity index (χ4v) is 16.4. The van der Waals surface area contributed by atoms with Gasteiger partial charge in [0.05, 0.1) is 0 Å². The van der Waals surface area contributed by atoms with Crippen molar-refractivity contribution in [1.82, 2.24) is 6.96 Å². The van der Waals surface area contributed by atoms with E-state index in [0.29, 0.717) is 0 Å². The van der Waals surface area contributed by atoms with E-state index in [2.05, 4.69) is 66.1 Å². The molecule has 0 aromatic carbocycles. The van der Waals surface area contributed by atoms with Crippen LogP contribution in [0.4, 0.5) is 0 Å². The van der Waals surface area contributed by atoms with E-state index in [0.717, 1.165) is 0 Å². The summed E-state index contributed by atoms with van der Waals surface area (Å²) in [7, 11) is 2.50. The average molecular weight is 294 g/mol. The van der Waals surface area contributed by atoms with E-state index >= 15 is 0 Å². The Morgan fingerprint density at radius 2 is 0.929 bits per heavy atom. The predicted octanol–water partition coefficient (Wildman–Crippen LogP) is 2.64. The summed E-state index contributed by atoms with van der Waals surface area (Å²) in [4.78, 5) is 0. The standard InChI is InChI=1S/C9H27AsN2Si2/c1-10(11(2)13(4,5)6)12(3)14(7,8)9/h1-9H3. The molecule has 0 fully saturated rings. The maximum atomic E-state index is 2.72. The Balaban J connectivity index is 4.56. The van der Waals surface area contributed by atoms with Gasteiger partial charge in [-0.1, -0.05) is 0 Å². The topological polar surface area (TPSA) is 6.48 Å². The molecule has 86 valence electrons. The van der Waals surface area contributed by atoms with E-state index in [1.165, 1.54) is 0 Å². The average Bonchev–Trinajstić information content (AvgIpc) is 1.97. The summed E-state index contributed by atoms with van der Waals surface area (Å²) < 4.78 is 5.44. The van der Waals surface area contributed by atoms with Crippen LogP contribution in [-0.4, -0.2) is 52.6 Å². The molecule has 0 spiro atoms. The Bertz CT molecular complexity index is 166. The summed E-state index contributed by atoms with van der Waals surface area (Å²) in [5.74, 6) is 0. The van der Waals surface area contributed by atoms with Crippen molar-refractivity contribution in [2.45, 2.75) is 45.0 Å². The Morgan fingerprint density at radius 3 is 1.07 bits per heavy atom. The first-order valence-corrected chi connectivity index (χ1v) is 15.6. The van der Waals surface area contributed by atoms with Crippen LogP contribution in [0.1, 0.15) is 0 Å². The second kappa shape index (κ2) is 4.83. The van der Waals surface area contributed by atoms with Gasteiger partial charge in [-0.05, 0) is 0 Å². The molecule has 0 N–H and O–H groups in total. The summed E-state index contributed by atoms with van der Waals surface area (Å²) in [6, 6.07) is 0. The van der Waals surface area contributed by atoms with Gasteiger partial charge in [-0.25, -0.2) is 0 Å². The Morgan fingerprint density at radius 1 is 0.714 bits per heavy atom. The summed E-state index contributed by atoms with van der Waals surface area (Å²) in [6.07, 6.45) is 0. The van der Waals surface area contributed by atoms with Crippen LogP contribution in [0.25, 0.3) is 0 Å². The zero-order chi connectivity index (χ0) is 11.7. The van der Waals surface area contributed by atoms with Crippen molar-refractivity contribution in [2.24, 2.45) is 0 Å². The number of nitrogens with zero attached hydrogens (tertiary/aromatic N) is 2. The second-order valence-corrected chi connectivity index (χ2v) is 22.1. The molecule has 0 saturated heterocycles. The molecule has 0 aromatic rings. The van der Waals surface area contributed by atoms with Crippen LogP contribution in [0.3, 0.4) is 0 Å². The molecule has 0 aliphatic heterocycles. The third kappa shape index (κ3) is 4.19. The molecule has 14 heavy (non-hydrogen) atoms. The van der Waals surface area contributed by atoms with Crippen molar-refractivity contribution in [2.75, 3.05) is 14.1 Å². The van der Waals surface area contributed by atoms with Gasteiger partial charge in [0.2, 0.25) is 0 Å². The van der Waals surface area contributed by atoms with Gasteiger partial charge in [0.15, 0.2) is 0 Å². The Hall–Kier alpha value is 0.912. The number of hydrogen-bond donors (Lipinski definition) is 0. The van der Waals surface area contributed by atoms with Gasteiger partial charge in [-0.3, -0.25) is 0 Å². The van der Waals surface area contributed by atoms with Gasteiger partial charge in [0.25, 0.3) is 0 Å². The molecule has 0 aliphatic rings. The number of hydrogen-bond acceptors (Lipinski definition) is 2. The molecule has 5 heteroatoms. The molecule has 0 aromatic heterocycles. The molecule has 0 atom stereocenters. The molecule has 0 rings (SSSR count). The summed E-state index contributed by atoms with van der Waals surface area (Å²) in [6.45, 7) is 14.6. The molecular formula is C9H27AsN2Si2. The first kappa shape index (κ1) is 14.9. The van der Waals surface area contributed by atoms with E-state index < -0.39 is 31.6 Å². The van der Waals surface area contributed by atoms with Crippen molar-refractivity contribution in [1.29, 1.82) is 0 Å². The van der Waals surface area contributed by atoms with Crippen LogP contribution in [-0.2, 0) is 0 Å². The fourth-order valence-electron chi connectivity index (χ4n) is 1.07. The van der Waals surface area contributed by atoms with Crippen molar-refractivity contribution >= 4 is 31.6 Å². The molecule has 0 bridgehead atoms. The zero-order valence-corrected chi connectivity index (χ0v) is 15.2. The first-order valence-electron chi connectivity index (χ1n) is 5.19. The fraction of sp³-hybridized carbons (Fsp3) is 1.00. The van der Waals surface area contributed by atoms with Crippen LogP contribution in [0.2, 0.25) is 45.0 Å². The van der Waals surface area contributed by atoms with Gasteiger partial charge >= 0.3 is 97.6 Å². The molecule has 0 aliphatic carbocycles. The molecule has 0 heterocycles. The van der Waals surface area contributed by atoms with E-state index in [1.54, 1.807) is 0 Å². The van der Waals surface area contributed by atoms with E-state index in [4.69, 9.17) is 0 Å². The summed E-state index contributed by atoms with van der Waals surface area (Å²) in [5, 5.41) is 0. The SMILES string of the molecule is CN([As](C)N(C)[Si](C)(C)C)[Si](C)(C)C. The van der Waals surface area contributed by atoms with Crippen LogP contribution in [0, 0.1) is 0 Å². The summed E-state index contributed by atoms with van der Waals surface area (Å²) >= 11 is -0.922. The molecule has 0 amide bonds. The van der Waals surface area contributed by atoms with E-state index in [9.17, 15) is 0 Å². The van der Waals surface area contributed by atoms with Crippen molar-refractivity contribution in [3.8, 4) is 0 Å². The van der Waals surface area contributed by atoms with Crippen LogP contribution in [0.5, 0.6) is 0 Å². The van der Waals surface area contributed by atoms with Crippen molar-refractivity contribution in [3.05, 3.63) is 0 Å². The molecule has 0 radical (unpaired) electrons. The predicted molar refractivity (Wildman–Crippen MR) is 73.8 cm³/mol. The van der Waals surface area contributed by atoms with Gasteiger partial charge in [-0.15, -0.1) is 0 Å². The van der Waals surface area contributed by atoms with Crippen molar-refractivity contribution in [3.63, 3.8) is 0 Å². The van der Waals surface area contributed by atoms with Gasteiger partial charge in [0, 0.05) is 0 Å². The molecule has 0 saturated carbocycles.